The SMILES string of the molecule is O=C(C=Cc1ccccc1)N(CCCc1ccccc1)Cc1cccc(-c2cccc(C(=O)N3CCC(CCCC4CCNCC4)CC3)c2)c1. The molecule has 5 heteroatoms. The second-order valence-electron chi connectivity index (χ2n) is 14.2. The van der Waals surface area contributed by atoms with Crippen molar-refractivity contribution in [2.75, 3.05) is 32.7 Å². The first kappa shape index (κ1) is 35.3. The number of carbonyl (C=O) groups is 2. The van der Waals surface area contributed by atoms with Gasteiger partial charge in [0.05, 0.1) is 0 Å². The molecule has 260 valence electrons. The molecule has 0 aromatic heterocycles. The highest BCUT2D eigenvalue weighted by molar-refractivity contribution is 5.95. The van der Waals surface area contributed by atoms with Crippen LogP contribution in [0.5, 0.6) is 0 Å². The summed E-state index contributed by atoms with van der Waals surface area (Å²) in [5, 5.41) is 3.47. The van der Waals surface area contributed by atoms with Crippen LogP contribution < -0.4 is 5.32 Å². The molecule has 0 spiro atoms. The molecular formula is C45H53N3O2. The molecule has 4 aromatic carbocycles. The van der Waals surface area contributed by atoms with E-state index in [2.05, 4.69) is 64.8 Å². The summed E-state index contributed by atoms with van der Waals surface area (Å²) in [4.78, 5) is 31.2. The van der Waals surface area contributed by atoms with E-state index in [4.69, 9.17) is 0 Å². The number of likely N-dealkylation sites (tertiary alicyclic amines) is 1. The third kappa shape index (κ3) is 10.5. The van der Waals surface area contributed by atoms with Gasteiger partial charge in [0.25, 0.3) is 5.91 Å². The normalized spacial score (nSPS) is 15.7. The molecule has 0 unspecified atom stereocenters. The molecule has 4 aromatic rings. The first-order valence-electron chi connectivity index (χ1n) is 18.9. The van der Waals surface area contributed by atoms with Crippen molar-refractivity contribution in [2.24, 2.45) is 11.8 Å². The van der Waals surface area contributed by atoms with Crippen LogP contribution in [0.1, 0.15) is 78.4 Å². The fourth-order valence-electron chi connectivity index (χ4n) is 7.60. The maximum atomic E-state index is 13.6. The number of benzene rings is 4. The Balaban J connectivity index is 1.07. The van der Waals surface area contributed by atoms with Crippen LogP contribution in [0, 0.1) is 11.8 Å². The van der Waals surface area contributed by atoms with Crippen LogP contribution in [-0.4, -0.2) is 54.3 Å². The Morgan fingerprint density at radius 2 is 1.34 bits per heavy atom. The lowest BCUT2D eigenvalue weighted by Gasteiger charge is -2.32. The summed E-state index contributed by atoms with van der Waals surface area (Å²) in [6.45, 7) is 5.25. The largest absolute Gasteiger partial charge is 0.339 e. The smallest absolute Gasteiger partial charge is 0.253 e. The van der Waals surface area contributed by atoms with Gasteiger partial charge in [0.1, 0.15) is 0 Å². The van der Waals surface area contributed by atoms with Crippen molar-refractivity contribution in [3.63, 3.8) is 0 Å². The zero-order valence-electron chi connectivity index (χ0n) is 29.5. The number of amides is 2. The van der Waals surface area contributed by atoms with Gasteiger partial charge in [-0.3, -0.25) is 9.59 Å². The molecule has 0 bridgehead atoms. The predicted molar refractivity (Wildman–Crippen MR) is 206 cm³/mol. The molecule has 50 heavy (non-hydrogen) atoms. The zero-order valence-corrected chi connectivity index (χ0v) is 29.5. The van der Waals surface area contributed by atoms with E-state index in [1.807, 2.05) is 65.6 Å². The fraction of sp³-hybridized carbons (Fsp3) is 0.378. The number of aryl methyl sites for hydroxylation is 1. The minimum atomic E-state index is 0.00505. The van der Waals surface area contributed by atoms with Gasteiger partial charge in [-0.15, -0.1) is 0 Å². The number of rotatable bonds is 14. The van der Waals surface area contributed by atoms with Gasteiger partial charge < -0.3 is 15.1 Å². The van der Waals surface area contributed by atoms with Crippen molar-refractivity contribution in [2.45, 2.75) is 64.3 Å². The molecule has 5 nitrogen and oxygen atoms in total. The van der Waals surface area contributed by atoms with Gasteiger partial charge >= 0.3 is 0 Å². The lowest BCUT2D eigenvalue weighted by atomic mass is 9.87. The Bertz CT molecular complexity index is 1670. The molecule has 2 heterocycles. The fourth-order valence-corrected chi connectivity index (χ4v) is 7.60. The van der Waals surface area contributed by atoms with E-state index in [0.29, 0.717) is 13.1 Å². The van der Waals surface area contributed by atoms with Gasteiger partial charge in [0.15, 0.2) is 0 Å². The quantitative estimate of drug-likeness (QED) is 0.137. The number of nitrogens with zero attached hydrogens (tertiary/aromatic N) is 2. The van der Waals surface area contributed by atoms with E-state index in [-0.39, 0.29) is 11.8 Å². The maximum absolute atomic E-state index is 13.6. The Labute approximate surface area is 299 Å². The summed E-state index contributed by atoms with van der Waals surface area (Å²) in [6.07, 6.45) is 14.3. The standard InChI is InChI=1S/C45H53N3O2/c49-44(23-22-37-13-5-2-6-14-37)48(30-10-18-36-11-3-1-4-12-36)35-40-17-8-19-41(33-40)42-20-9-21-43(34-42)45(50)47-31-26-39(27-32-47)16-7-15-38-24-28-46-29-25-38/h1-6,8-9,11-14,17,19-23,33-34,38-39,46H,7,10,15-16,18,24-32,35H2. The van der Waals surface area contributed by atoms with E-state index in [9.17, 15) is 9.59 Å². The second kappa shape index (κ2) is 18.5. The van der Waals surface area contributed by atoms with E-state index < -0.39 is 0 Å². The summed E-state index contributed by atoms with van der Waals surface area (Å²) >= 11 is 0. The third-order valence-corrected chi connectivity index (χ3v) is 10.6. The topological polar surface area (TPSA) is 52.7 Å². The lowest BCUT2D eigenvalue weighted by Crippen LogP contribution is -2.38. The molecule has 0 aliphatic carbocycles. The zero-order chi connectivity index (χ0) is 34.4. The van der Waals surface area contributed by atoms with Crippen LogP contribution >= 0.6 is 0 Å². The van der Waals surface area contributed by atoms with Crippen molar-refractivity contribution in [3.05, 3.63) is 138 Å². The van der Waals surface area contributed by atoms with Crippen molar-refractivity contribution >= 4 is 17.9 Å². The number of nitrogens with one attached hydrogen (secondary N) is 1. The minimum absolute atomic E-state index is 0.00505. The highest BCUT2D eigenvalue weighted by atomic mass is 16.2. The maximum Gasteiger partial charge on any atom is 0.253 e. The van der Waals surface area contributed by atoms with Crippen molar-refractivity contribution in [1.82, 2.24) is 15.1 Å². The molecule has 2 amide bonds. The summed E-state index contributed by atoms with van der Waals surface area (Å²) in [7, 11) is 0. The number of hydrogen-bond donors (Lipinski definition) is 1. The summed E-state index contributed by atoms with van der Waals surface area (Å²) < 4.78 is 0. The Hall–Kier alpha value is -4.48. The highest BCUT2D eigenvalue weighted by Crippen LogP contribution is 2.28. The monoisotopic (exact) mass is 667 g/mol. The van der Waals surface area contributed by atoms with Crippen LogP contribution in [-0.2, 0) is 17.8 Å². The number of piperidine rings is 2. The van der Waals surface area contributed by atoms with Gasteiger partial charge in [0, 0.05) is 37.8 Å². The lowest BCUT2D eigenvalue weighted by molar-refractivity contribution is -0.126. The molecule has 2 saturated heterocycles. The van der Waals surface area contributed by atoms with Gasteiger partial charge in [0.2, 0.25) is 5.91 Å². The van der Waals surface area contributed by atoms with Crippen LogP contribution in [0.4, 0.5) is 0 Å². The van der Waals surface area contributed by atoms with Gasteiger partial charge in [-0.2, -0.15) is 0 Å². The summed E-state index contributed by atoms with van der Waals surface area (Å²) in [6, 6.07) is 36.9. The molecule has 2 fully saturated rings. The molecule has 0 atom stereocenters. The molecule has 1 N–H and O–H groups in total. The van der Waals surface area contributed by atoms with Gasteiger partial charge in [-0.25, -0.2) is 0 Å². The molecule has 0 saturated carbocycles. The van der Waals surface area contributed by atoms with E-state index in [0.717, 1.165) is 78.4 Å². The average Bonchev–Trinajstić information content (AvgIpc) is 3.18. The van der Waals surface area contributed by atoms with E-state index in [1.165, 1.54) is 50.8 Å². The van der Waals surface area contributed by atoms with Crippen molar-refractivity contribution in [3.8, 4) is 11.1 Å². The van der Waals surface area contributed by atoms with E-state index >= 15 is 0 Å². The second-order valence-corrected chi connectivity index (χ2v) is 14.2. The molecule has 6 rings (SSSR count). The third-order valence-electron chi connectivity index (χ3n) is 10.6. The molecule has 0 radical (unpaired) electrons. The minimum Gasteiger partial charge on any atom is -0.339 e. The van der Waals surface area contributed by atoms with E-state index in [1.54, 1.807) is 6.08 Å². The van der Waals surface area contributed by atoms with Crippen LogP contribution in [0.3, 0.4) is 0 Å². The Morgan fingerprint density at radius 3 is 2.08 bits per heavy atom. The average molecular weight is 668 g/mol. The number of carbonyl (C=O) groups excluding carboxylic acids is 2. The molecule has 2 aliphatic rings. The predicted octanol–water partition coefficient (Wildman–Crippen LogP) is 9.05. The Morgan fingerprint density at radius 1 is 0.700 bits per heavy atom. The van der Waals surface area contributed by atoms with Crippen LogP contribution in [0.25, 0.3) is 17.2 Å². The van der Waals surface area contributed by atoms with Crippen molar-refractivity contribution < 1.29 is 9.59 Å². The van der Waals surface area contributed by atoms with Gasteiger partial charge in [-0.05, 0) is 116 Å². The van der Waals surface area contributed by atoms with Crippen LogP contribution in [0.2, 0.25) is 0 Å². The molecular weight excluding hydrogens is 615 g/mol. The molecule has 2 aliphatic heterocycles. The van der Waals surface area contributed by atoms with Gasteiger partial charge in [-0.1, -0.05) is 110 Å². The first-order chi connectivity index (χ1) is 24.6. The Kier molecular flexibility index (Phi) is 13.1. The first-order valence-corrected chi connectivity index (χ1v) is 18.9. The summed E-state index contributed by atoms with van der Waals surface area (Å²) in [5.74, 6) is 1.79. The summed E-state index contributed by atoms with van der Waals surface area (Å²) in [5.41, 5.74) is 6.19. The van der Waals surface area contributed by atoms with Crippen LogP contribution in [0.15, 0.2) is 115 Å². The number of hydrogen-bond acceptors (Lipinski definition) is 3. The van der Waals surface area contributed by atoms with Crippen molar-refractivity contribution in [1.29, 1.82) is 0 Å². The highest BCUT2D eigenvalue weighted by Gasteiger charge is 2.24.